The van der Waals surface area contributed by atoms with E-state index in [1.54, 1.807) is 12.1 Å². The fourth-order valence-electron chi connectivity index (χ4n) is 2.20. The van der Waals surface area contributed by atoms with Crippen LogP contribution in [-0.4, -0.2) is 28.3 Å². The van der Waals surface area contributed by atoms with Gasteiger partial charge in [-0.25, -0.2) is 4.79 Å². The molecule has 0 radical (unpaired) electrons. The van der Waals surface area contributed by atoms with Crippen molar-refractivity contribution in [2.24, 2.45) is 0 Å². The van der Waals surface area contributed by atoms with Gasteiger partial charge in [-0.3, -0.25) is 0 Å². The molecule has 1 aliphatic carbocycles. The van der Waals surface area contributed by atoms with Gasteiger partial charge in [0.25, 0.3) is 0 Å². The maximum Gasteiger partial charge on any atom is 0.337 e. The third-order valence-electron chi connectivity index (χ3n) is 3.51. The van der Waals surface area contributed by atoms with E-state index in [1.807, 2.05) is 13.0 Å². The second-order valence-corrected chi connectivity index (χ2v) is 4.72. The molecule has 4 nitrogen and oxygen atoms in total. The quantitative estimate of drug-likeness (QED) is 0.746. The number of nitrogens with one attached hydrogen (secondary N) is 1. The maximum absolute atomic E-state index is 11.2. The Kier molecular flexibility index (Phi) is 3.07. The molecular formula is C13H17NO3. The van der Waals surface area contributed by atoms with Crippen LogP contribution < -0.4 is 5.32 Å². The Morgan fingerprint density at radius 3 is 2.65 bits per heavy atom. The van der Waals surface area contributed by atoms with Crippen LogP contribution in [0.15, 0.2) is 18.2 Å². The van der Waals surface area contributed by atoms with E-state index in [-0.39, 0.29) is 17.7 Å². The second-order valence-electron chi connectivity index (χ2n) is 4.72. The van der Waals surface area contributed by atoms with Crippen LogP contribution in [0.4, 0.5) is 5.69 Å². The normalized spacial score (nSPS) is 17.3. The van der Waals surface area contributed by atoms with Crippen molar-refractivity contribution in [1.82, 2.24) is 0 Å². The lowest BCUT2D eigenvalue weighted by atomic mass is 9.77. The summed E-state index contributed by atoms with van der Waals surface area (Å²) in [5, 5.41) is 21.8. The SMILES string of the molecule is Cc1cccc(C(=O)O)c1NC1(CO)CCC1. The fraction of sp³-hybridized carbons (Fsp3) is 0.462. The van der Waals surface area contributed by atoms with E-state index in [1.165, 1.54) is 0 Å². The van der Waals surface area contributed by atoms with Gasteiger partial charge in [0.1, 0.15) is 0 Å². The highest BCUT2D eigenvalue weighted by Gasteiger charge is 2.37. The van der Waals surface area contributed by atoms with Gasteiger partial charge in [-0.1, -0.05) is 12.1 Å². The first-order valence-corrected chi connectivity index (χ1v) is 5.80. The summed E-state index contributed by atoms with van der Waals surface area (Å²) >= 11 is 0. The summed E-state index contributed by atoms with van der Waals surface area (Å²) in [5.74, 6) is -0.941. The summed E-state index contributed by atoms with van der Waals surface area (Å²) < 4.78 is 0. The predicted octanol–water partition coefficient (Wildman–Crippen LogP) is 2.02. The number of carboxylic acid groups (broad SMARTS) is 1. The first kappa shape index (κ1) is 11.9. The minimum Gasteiger partial charge on any atom is -0.478 e. The molecule has 4 heteroatoms. The van der Waals surface area contributed by atoms with E-state index >= 15 is 0 Å². The van der Waals surface area contributed by atoms with E-state index in [0.29, 0.717) is 5.69 Å². The number of benzene rings is 1. The van der Waals surface area contributed by atoms with Crippen molar-refractivity contribution in [3.8, 4) is 0 Å². The Morgan fingerprint density at radius 1 is 1.47 bits per heavy atom. The number of para-hydroxylation sites is 1. The smallest absolute Gasteiger partial charge is 0.337 e. The van der Waals surface area contributed by atoms with Gasteiger partial charge in [-0.05, 0) is 37.8 Å². The van der Waals surface area contributed by atoms with Crippen LogP contribution in [0, 0.1) is 6.92 Å². The van der Waals surface area contributed by atoms with Crippen LogP contribution in [0.25, 0.3) is 0 Å². The largest absolute Gasteiger partial charge is 0.478 e. The highest BCUT2D eigenvalue weighted by molar-refractivity contribution is 5.95. The Bertz CT molecular complexity index is 433. The third kappa shape index (κ3) is 2.13. The lowest BCUT2D eigenvalue weighted by Gasteiger charge is -2.42. The molecule has 1 aromatic carbocycles. The number of hydrogen-bond donors (Lipinski definition) is 3. The number of anilines is 1. The number of hydrogen-bond acceptors (Lipinski definition) is 3. The minimum absolute atomic E-state index is 0.0421. The molecular weight excluding hydrogens is 218 g/mol. The molecule has 0 atom stereocenters. The minimum atomic E-state index is -0.941. The average molecular weight is 235 g/mol. The Hall–Kier alpha value is -1.55. The zero-order chi connectivity index (χ0) is 12.5. The molecule has 1 saturated carbocycles. The van der Waals surface area contributed by atoms with Crippen molar-refractivity contribution in [2.75, 3.05) is 11.9 Å². The van der Waals surface area contributed by atoms with E-state index in [9.17, 15) is 9.90 Å². The van der Waals surface area contributed by atoms with Gasteiger partial charge >= 0.3 is 5.97 Å². The number of carbonyl (C=O) groups is 1. The molecule has 17 heavy (non-hydrogen) atoms. The van der Waals surface area contributed by atoms with E-state index in [4.69, 9.17) is 5.11 Å². The molecule has 1 fully saturated rings. The molecule has 0 aliphatic heterocycles. The molecule has 1 aromatic rings. The Labute approximate surface area is 100 Å². The first-order valence-electron chi connectivity index (χ1n) is 5.80. The Morgan fingerprint density at radius 2 is 2.18 bits per heavy atom. The number of carboxylic acids is 1. The zero-order valence-corrected chi connectivity index (χ0v) is 9.86. The van der Waals surface area contributed by atoms with Crippen molar-refractivity contribution in [1.29, 1.82) is 0 Å². The molecule has 0 heterocycles. The van der Waals surface area contributed by atoms with Crippen LogP contribution in [0.1, 0.15) is 35.2 Å². The topological polar surface area (TPSA) is 69.6 Å². The molecule has 2 rings (SSSR count). The van der Waals surface area contributed by atoms with Gasteiger partial charge in [-0.15, -0.1) is 0 Å². The van der Waals surface area contributed by atoms with E-state index in [2.05, 4.69) is 5.32 Å². The van der Waals surface area contributed by atoms with Gasteiger partial charge in [0, 0.05) is 0 Å². The molecule has 0 spiro atoms. The average Bonchev–Trinajstić information content (AvgIpc) is 2.25. The molecule has 3 N–H and O–H groups in total. The van der Waals surface area contributed by atoms with E-state index in [0.717, 1.165) is 24.8 Å². The summed E-state index contributed by atoms with van der Waals surface area (Å²) in [4.78, 5) is 11.2. The second kappa shape index (κ2) is 4.37. The van der Waals surface area contributed by atoms with Crippen LogP contribution in [0.3, 0.4) is 0 Å². The summed E-state index contributed by atoms with van der Waals surface area (Å²) in [5.41, 5.74) is 1.47. The van der Waals surface area contributed by atoms with Crippen molar-refractivity contribution in [2.45, 2.75) is 31.7 Å². The fourth-order valence-corrected chi connectivity index (χ4v) is 2.20. The number of aliphatic hydroxyl groups is 1. The lowest BCUT2D eigenvalue weighted by molar-refractivity contribution is 0.0697. The van der Waals surface area contributed by atoms with E-state index < -0.39 is 5.97 Å². The first-order chi connectivity index (χ1) is 8.08. The van der Waals surface area contributed by atoms with Gasteiger partial charge < -0.3 is 15.5 Å². The van der Waals surface area contributed by atoms with Crippen molar-refractivity contribution < 1.29 is 15.0 Å². The van der Waals surface area contributed by atoms with Crippen LogP contribution in [0.5, 0.6) is 0 Å². The van der Waals surface area contributed by atoms with Crippen LogP contribution >= 0.6 is 0 Å². The molecule has 0 bridgehead atoms. The summed E-state index contributed by atoms with van der Waals surface area (Å²) in [6.07, 6.45) is 2.84. The number of aromatic carboxylic acids is 1. The molecule has 0 unspecified atom stereocenters. The van der Waals surface area contributed by atoms with Gasteiger partial charge in [0.2, 0.25) is 0 Å². The number of aryl methyl sites for hydroxylation is 1. The highest BCUT2D eigenvalue weighted by Crippen LogP contribution is 2.36. The van der Waals surface area contributed by atoms with Crippen molar-refractivity contribution in [3.05, 3.63) is 29.3 Å². The molecule has 92 valence electrons. The summed E-state index contributed by atoms with van der Waals surface area (Å²) in [7, 11) is 0. The van der Waals surface area contributed by atoms with Crippen molar-refractivity contribution in [3.63, 3.8) is 0 Å². The number of rotatable bonds is 4. The summed E-state index contributed by atoms with van der Waals surface area (Å²) in [6.45, 7) is 1.92. The standard InChI is InChI=1S/C13H17NO3/c1-9-4-2-5-10(12(16)17)11(9)14-13(8-15)6-3-7-13/h2,4-5,14-15H,3,6-8H2,1H3,(H,16,17). The third-order valence-corrected chi connectivity index (χ3v) is 3.51. The lowest BCUT2D eigenvalue weighted by Crippen LogP contribution is -2.48. The molecule has 0 saturated heterocycles. The zero-order valence-electron chi connectivity index (χ0n) is 9.86. The van der Waals surface area contributed by atoms with Crippen LogP contribution in [0.2, 0.25) is 0 Å². The summed E-state index contributed by atoms with van der Waals surface area (Å²) in [6, 6.07) is 5.19. The molecule has 1 aliphatic rings. The maximum atomic E-state index is 11.2. The van der Waals surface area contributed by atoms with Crippen molar-refractivity contribution >= 4 is 11.7 Å². The van der Waals surface area contributed by atoms with Crippen LogP contribution in [-0.2, 0) is 0 Å². The molecule has 0 amide bonds. The molecule has 0 aromatic heterocycles. The Balaban J connectivity index is 2.34. The van der Waals surface area contributed by atoms with Gasteiger partial charge in [-0.2, -0.15) is 0 Å². The van der Waals surface area contributed by atoms with Gasteiger partial charge in [0.05, 0.1) is 23.4 Å². The highest BCUT2D eigenvalue weighted by atomic mass is 16.4. The number of aliphatic hydroxyl groups excluding tert-OH is 1. The van der Waals surface area contributed by atoms with Gasteiger partial charge in [0.15, 0.2) is 0 Å². The monoisotopic (exact) mass is 235 g/mol. The predicted molar refractivity (Wildman–Crippen MR) is 65.4 cm³/mol.